The molecule has 0 aliphatic heterocycles. The summed E-state index contributed by atoms with van der Waals surface area (Å²) in [6.07, 6.45) is 3.87. The summed E-state index contributed by atoms with van der Waals surface area (Å²) < 4.78 is 0. The molecule has 1 aliphatic carbocycles. The van der Waals surface area contributed by atoms with Crippen LogP contribution in [0.1, 0.15) is 36.5 Å². The number of nitrogen functional groups attached to an aromatic ring is 1. The molecule has 2 rings (SSSR count). The van der Waals surface area contributed by atoms with Gasteiger partial charge in [0.05, 0.1) is 5.56 Å². The summed E-state index contributed by atoms with van der Waals surface area (Å²) in [5.74, 6) is 0.392. The first kappa shape index (κ1) is 11.8. The lowest BCUT2D eigenvalue weighted by Crippen LogP contribution is -2.18. The lowest BCUT2D eigenvalue weighted by Gasteiger charge is -2.15. The number of nitrogens with one attached hydrogen (secondary N) is 1. The quantitative estimate of drug-likeness (QED) is 0.680. The minimum absolute atomic E-state index is 0.383. The topological polar surface area (TPSA) is 81.1 Å². The van der Waals surface area contributed by atoms with Crippen molar-refractivity contribution in [1.82, 2.24) is 0 Å². The Morgan fingerprint density at radius 3 is 2.82 bits per heavy atom. The Morgan fingerprint density at radius 1 is 1.53 bits per heavy atom. The third-order valence-electron chi connectivity index (χ3n) is 3.12. The first-order valence-electron chi connectivity index (χ1n) is 6.02. The van der Waals surface area contributed by atoms with Crippen LogP contribution in [-0.4, -0.2) is 11.9 Å². The monoisotopic (exact) mass is 233 g/mol. The molecule has 1 saturated carbocycles. The van der Waals surface area contributed by atoms with Crippen LogP contribution in [0, 0.1) is 5.92 Å². The van der Waals surface area contributed by atoms with Crippen molar-refractivity contribution in [3.8, 4) is 0 Å². The van der Waals surface area contributed by atoms with Crippen LogP contribution in [-0.2, 0) is 0 Å². The van der Waals surface area contributed by atoms with Crippen molar-refractivity contribution in [3.05, 3.63) is 23.8 Å². The van der Waals surface area contributed by atoms with E-state index in [2.05, 4.69) is 12.2 Å². The Balaban J connectivity index is 2.04. The van der Waals surface area contributed by atoms with E-state index < -0.39 is 5.91 Å². The van der Waals surface area contributed by atoms with Gasteiger partial charge in [0.1, 0.15) is 0 Å². The molecule has 1 fully saturated rings. The second kappa shape index (κ2) is 4.65. The zero-order chi connectivity index (χ0) is 12.4. The lowest BCUT2D eigenvalue weighted by molar-refractivity contribution is 0.100. The number of carbonyl (C=O) groups excluding carboxylic acids is 1. The predicted molar refractivity (Wildman–Crippen MR) is 69.8 cm³/mol. The fourth-order valence-corrected chi connectivity index (χ4v) is 2.06. The van der Waals surface area contributed by atoms with Crippen LogP contribution in [0.3, 0.4) is 0 Å². The van der Waals surface area contributed by atoms with Crippen molar-refractivity contribution in [2.24, 2.45) is 11.7 Å². The molecule has 0 radical (unpaired) electrons. The van der Waals surface area contributed by atoms with Crippen molar-refractivity contribution in [2.45, 2.75) is 32.2 Å². The van der Waals surface area contributed by atoms with E-state index in [1.54, 1.807) is 12.1 Å². The first-order valence-corrected chi connectivity index (χ1v) is 6.02. The maximum absolute atomic E-state index is 11.2. The van der Waals surface area contributed by atoms with Crippen LogP contribution in [0.2, 0.25) is 0 Å². The summed E-state index contributed by atoms with van der Waals surface area (Å²) in [7, 11) is 0. The number of hydrogen-bond acceptors (Lipinski definition) is 3. The van der Waals surface area contributed by atoms with Crippen molar-refractivity contribution in [3.63, 3.8) is 0 Å². The van der Waals surface area contributed by atoms with Gasteiger partial charge < -0.3 is 16.8 Å². The molecule has 4 nitrogen and oxygen atoms in total. The number of rotatable bonds is 5. The van der Waals surface area contributed by atoms with Crippen molar-refractivity contribution < 1.29 is 4.79 Å². The molecular weight excluding hydrogens is 214 g/mol. The van der Waals surface area contributed by atoms with Crippen molar-refractivity contribution in [1.29, 1.82) is 0 Å². The molecular formula is C13H19N3O. The first-order chi connectivity index (χ1) is 8.06. The molecule has 17 heavy (non-hydrogen) atoms. The summed E-state index contributed by atoms with van der Waals surface area (Å²) in [6, 6.07) is 5.73. The van der Waals surface area contributed by atoms with Crippen LogP contribution in [0.5, 0.6) is 0 Å². The van der Waals surface area contributed by atoms with E-state index >= 15 is 0 Å². The molecule has 0 heterocycles. The molecule has 0 saturated heterocycles. The highest BCUT2D eigenvalue weighted by molar-refractivity contribution is 5.98. The maximum Gasteiger partial charge on any atom is 0.250 e. The van der Waals surface area contributed by atoms with E-state index in [4.69, 9.17) is 11.5 Å². The number of hydrogen-bond donors (Lipinski definition) is 3. The standard InChI is InChI=1S/C13H19N3O/c1-8(6-9-2-3-9)16-10-4-5-12(14)11(7-10)13(15)17/h4-5,7-9,16H,2-3,6,14H2,1H3,(H2,15,17). The Hall–Kier alpha value is -1.71. The molecule has 0 bridgehead atoms. The van der Waals surface area contributed by atoms with Crippen LogP contribution in [0.15, 0.2) is 18.2 Å². The zero-order valence-electron chi connectivity index (χ0n) is 10.1. The van der Waals surface area contributed by atoms with E-state index in [-0.39, 0.29) is 0 Å². The number of nitrogens with two attached hydrogens (primary N) is 2. The van der Waals surface area contributed by atoms with Gasteiger partial charge in [-0.05, 0) is 37.5 Å². The van der Waals surface area contributed by atoms with Gasteiger partial charge in [0, 0.05) is 17.4 Å². The second-order valence-corrected chi connectivity index (χ2v) is 4.89. The van der Waals surface area contributed by atoms with Crippen LogP contribution in [0.4, 0.5) is 11.4 Å². The largest absolute Gasteiger partial charge is 0.398 e. The molecule has 1 unspecified atom stereocenters. The zero-order valence-corrected chi connectivity index (χ0v) is 10.1. The predicted octanol–water partition coefficient (Wildman–Crippen LogP) is 1.97. The Bertz CT molecular complexity index is 427. The number of carbonyl (C=O) groups is 1. The highest BCUT2D eigenvalue weighted by Crippen LogP contribution is 2.34. The van der Waals surface area contributed by atoms with E-state index in [0.717, 1.165) is 11.6 Å². The fraction of sp³-hybridized carbons (Fsp3) is 0.462. The van der Waals surface area contributed by atoms with Gasteiger partial charge in [0.15, 0.2) is 0 Å². The van der Waals surface area contributed by atoms with Gasteiger partial charge in [0.2, 0.25) is 0 Å². The normalized spacial score (nSPS) is 16.5. The highest BCUT2D eigenvalue weighted by atomic mass is 16.1. The van der Waals surface area contributed by atoms with Gasteiger partial charge in [-0.3, -0.25) is 4.79 Å². The molecule has 1 atom stereocenters. The third kappa shape index (κ3) is 3.12. The van der Waals surface area contributed by atoms with Gasteiger partial charge >= 0.3 is 0 Å². The number of amides is 1. The highest BCUT2D eigenvalue weighted by Gasteiger charge is 2.23. The number of primary amides is 1. The van der Waals surface area contributed by atoms with Gasteiger partial charge in [-0.2, -0.15) is 0 Å². The SMILES string of the molecule is CC(CC1CC1)Nc1ccc(N)c(C(N)=O)c1. The lowest BCUT2D eigenvalue weighted by atomic mass is 10.1. The fourth-order valence-electron chi connectivity index (χ4n) is 2.06. The third-order valence-corrected chi connectivity index (χ3v) is 3.12. The smallest absolute Gasteiger partial charge is 0.250 e. The molecule has 92 valence electrons. The summed E-state index contributed by atoms with van der Waals surface area (Å²) in [6.45, 7) is 2.15. The van der Waals surface area contributed by atoms with Crippen LogP contribution in [0.25, 0.3) is 0 Å². The maximum atomic E-state index is 11.2. The Labute approximate surface area is 101 Å². The second-order valence-electron chi connectivity index (χ2n) is 4.89. The minimum Gasteiger partial charge on any atom is -0.398 e. The molecule has 1 aromatic rings. The molecule has 4 heteroatoms. The Morgan fingerprint density at radius 2 is 2.24 bits per heavy atom. The van der Waals surface area contributed by atoms with Gasteiger partial charge in [-0.15, -0.1) is 0 Å². The molecule has 0 spiro atoms. The van der Waals surface area contributed by atoms with E-state index in [0.29, 0.717) is 17.3 Å². The van der Waals surface area contributed by atoms with Crippen molar-refractivity contribution >= 4 is 17.3 Å². The summed E-state index contributed by atoms with van der Waals surface area (Å²) >= 11 is 0. The van der Waals surface area contributed by atoms with Gasteiger partial charge in [0.25, 0.3) is 5.91 Å². The van der Waals surface area contributed by atoms with Crippen LogP contribution < -0.4 is 16.8 Å². The summed E-state index contributed by atoms with van der Waals surface area (Å²) in [5.41, 5.74) is 12.7. The average Bonchev–Trinajstić information content (AvgIpc) is 3.04. The molecule has 1 aromatic carbocycles. The average molecular weight is 233 g/mol. The van der Waals surface area contributed by atoms with Gasteiger partial charge in [-0.25, -0.2) is 0 Å². The molecule has 1 aliphatic rings. The van der Waals surface area contributed by atoms with Gasteiger partial charge in [-0.1, -0.05) is 12.8 Å². The minimum atomic E-state index is -0.485. The summed E-state index contributed by atoms with van der Waals surface area (Å²) in [5, 5.41) is 3.37. The molecule has 5 N–H and O–H groups in total. The number of benzene rings is 1. The number of anilines is 2. The van der Waals surface area contributed by atoms with E-state index in [1.165, 1.54) is 19.3 Å². The van der Waals surface area contributed by atoms with Crippen molar-refractivity contribution in [2.75, 3.05) is 11.1 Å². The molecule has 1 amide bonds. The van der Waals surface area contributed by atoms with Crippen LogP contribution >= 0.6 is 0 Å². The summed E-state index contributed by atoms with van der Waals surface area (Å²) in [4.78, 5) is 11.2. The van der Waals surface area contributed by atoms with E-state index in [1.807, 2.05) is 6.07 Å². The Kier molecular flexibility index (Phi) is 3.22. The molecule has 0 aromatic heterocycles. The van der Waals surface area contributed by atoms with E-state index in [9.17, 15) is 4.79 Å².